The van der Waals surface area contributed by atoms with Crippen molar-refractivity contribution in [1.82, 2.24) is 4.98 Å². The van der Waals surface area contributed by atoms with Gasteiger partial charge in [-0.25, -0.2) is 4.98 Å². The van der Waals surface area contributed by atoms with Crippen molar-refractivity contribution in [2.75, 3.05) is 5.73 Å². The quantitative estimate of drug-likeness (QED) is 0.632. The van der Waals surface area contributed by atoms with Gasteiger partial charge in [-0.1, -0.05) is 0 Å². The van der Waals surface area contributed by atoms with Crippen LogP contribution < -0.4 is 5.73 Å². The van der Waals surface area contributed by atoms with Gasteiger partial charge in [0.2, 0.25) is 5.89 Å². The van der Waals surface area contributed by atoms with Gasteiger partial charge in [0.05, 0.1) is 5.56 Å². The minimum Gasteiger partial charge on any atom is -0.469 e. The van der Waals surface area contributed by atoms with Gasteiger partial charge in [0, 0.05) is 11.8 Å². The highest BCUT2D eigenvalue weighted by Gasteiger charge is 2.10. The summed E-state index contributed by atoms with van der Waals surface area (Å²) in [5.74, 6) is 1.38. The molecule has 3 rings (SSSR count). The lowest BCUT2D eigenvalue weighted by Gasteiger charge is -1.88. The molecule has 0 aliphatic rings. The molecule has 0 amide bonds. The van der Waals surface area contributed by atoms with E-state index >= 15 is 0 Å². The van der Waals surface area contributed by atoms with Crippen molar-refractivity contribution in [3.05, 3.63) is 36.3 Å². The summed E-state index contributed by atoms with van der Waals surface area (Å²) in [7, 11) is 0. The van der Waals surface area contributed by atoms with E-state index in [1.807, 2.05) is 19.1 Å². The van der Waals surface area contributed by atoms with Crippen LogP contribution in [0.3, 0.4) is 0 Å². The molecule has 2 aromatic heterocycles. The maximum absolute atomic E-state index is 5.67. The summed E-state index contributed by atoms with van der Waals surface area (Å²) >= 11 is 0. The Balaban J connectivity index is 2.18. The number of aromatic nitrogens is 1. The Labute approximate surface area is 91.7 Å². The van der Waals surface area contributed by atoms with Gasteiger partial charge in [0.1, 0.15) is 17.5 Å². The minimum atomic E-state index is 0.553. The summed E-state index contributed by atoms with van der Waals surface area (Å²) in [6.07, 6.45) is 1.63. The van der Waals surface area contributed by atoms with Gasteiger partial charge in [-0.15, -0.1) is 0 Å². The molecule has 3 aromatic rings. The van der Waals surface area contributed by atoms with Gasteiger partial charge in [0.15, 0.2) is 5.58 Å². The van der Waals surface area contributed by atoms with Crippen molar-refractivity contribution >= 4 is 16.8 Å². The van der Waals surface area contributed by atoms with E-state index in [-0.39, 0.29) is 0 Å². The Kier molecular flexibility index (Phi) is 1.77. The second-order valence-electron chi connectivity index (χ2n) is 3.69. The molecular formula is C12H10N2O2. The van der Waals surface area contributed by atoms with Crippen LogP contribution in [0.1, 0.15) is 5.76 Å². The lowest BCUT2D eigenvalue weighted by molar-refractivity contribution is 0.533. The summed E-state index contributed by atoms with van der Waals surface area (Å²) < 4.78 is 10.8. The molecule has 80 valence electrons. The van der Waals surface area contributed by atoms with Gasteiger partial charge in [-0.3, -0.25) is 0 Å². The molecule has 4 heteroatoms. The number of nitrogens with two attached hydrogens (primary N) is 1. The van der Waals surface area contributed by atoms with Crippen LogP contribution in [0.4, 0.5) is 5.69 Å². The van der Waals surface area contributed by atoms with Crippen molar-refractivity contribution < 1.29 is 8.83 Å². The van der Waals surface area contributed by atoms with E-state index in [4.69, 9.17) is 14.6 Å². The SMILES string of the molecule is Cc1cc(-c2nc3ccc(N)cc3o2)co1. The average Bonchev–Trinajstić information content (AvgIpc) is 2.83. The minimum absolute atomic E-state index is 0.553. The molecule has 0 bridgehead atoms. The second kappa shape index (κ2) is 3.13. The molecule has 0 unspecified atom stereocenters. The number of anilines is 1. The molecule has 0 fully saturated rings. The van der Waals surface area contributed by atoms with E-state index in [1.165, 1.54) is 0 Å². The van der Waals surface area contributed by atoms with Crippen LogP contribution in [-0.4, -0.2) is 4.98 Å². The molecule has 0 saturated heterocycles. The van der Waals surface area contributed by atoms with Crippen LogP contribution >= 0.6 is 0 Å². The number of hydrogen-bond donors (Lipinski definition) is 1. The molecule has 4 nitrogen and oxygen atoms in total. The van der Waals surface area contributed by atoms with Crippen LogP contribution in [0.2, 0.25) is 0 Å². The maximum Gasteiger partial charge on any atom is 0.230 e. The van der Waals surface area contributed by atoms with Crippen LogP contribution in [0.15, 0.2) is 39.4 Å². The largest absolute Gasteiger partial charge is 0.469 e. The highest BCUT2D eigenvalue weighted by atomic mass is 16.4. The van der Waals surface area contributed by atoms with E-state index < -0.39 is 0 Å². The third-order valence-corrected chi connectivity index (χ3v) is 2.39. The number of nitrogens with zero attached hydrogens (tertiary/aromatic N) is 1. The average molecular weight is 214 g/mol. The first-order valence-corrected chi connectivity index (χ1v) is 4.94. The Morgan fingerprint density at radius 2 is 2.12 bits per heavy atom. The summed E-state index contributed by atoms with van der Waals surface area (Å²) in [5.41, 5.74) is 8.66. The summed E-state index contributed by atoms with van der Waals surface area (Å²) in [6.45, 7) is 1.88. The van der Waals surface area contributed by atoms with Crippen molar-refractivity contribution in [2.24, 2.45) is 0 Å². The molecule has 2 heterocycles. The number of rotatable bonds is 1. The first-order valence-electron chi connectivity index (χ1n) is 4.94. The molecule has 0 atom stereocenters. The van der Waals surface area contributed by atoms with Crippen molar-refractivity contribution in [3.63, 3.8) is 0 Å². The smallest absolute Gasteiger partial charge is 0.230 e. The summed E-state index contributed by atoms with van der Waals surface area (Å²) in [4.78, 5) is 4.36. The molecule has 0 radical (unpaired) electrons. The van der Waals surface area contributed by atoms with Gasteiger partial charge >= 0.3 is 0 Å². The standard InChI is InChI=1S/C12H10N2O2/c1-7-4-8(6-15-7)12-14-10-3-2-9(13)5-11(10)16-12/h2-6H,13H2,1H3. The molecule has 0 aliphatic heterocycles. The summed E-state index contributed by atoms with van der Waals surface area (Å²) in [6, 6.07) is 7.28. The predicted molar refractivity (Wildman–Crippen MR) is 60.9 cm³/mol. The lowest BCUT2D eigenvalue weighted by atomic mass is 10.3. The van der Waals surface area contributed by atoms with E-state index in [0.29, 0.717) is 17.2 Å². The number of furan rings is 1. The molecule has 16 heavy (non-hydrogen) atoms. The first-order chi connectivity index (χ1) is 7.72. The van der Waals surface area contributed by atoms with Crippen LogP contribution in [0.5, 0.6) is 0 Å². The van der Waals surface area contributed by atoms with E-state index in [9.17, 15) is 0 Å². The van der Waals surface area contributed by atoms with Gasteiger partial charge in [0.25, 0.3) is 0 Å². The highest BCUT2D eigenvalue weighted by molar-refractivity contribution is 5.79. The second-order valence-corrected chi connectivity index (χ2v) is 3.69. The van der Waals surface area contributed by atoms with Crippen molar-refractivity contribution in [2.45, 2.75) is 6.92 Å². The third kappa shape index (κ3) is 1.35. The van der Waals surface area contributed by atoms with Crippen LogP contribution in [0, 0.1) is 6.92 Å². The Hall–Kier alpha value is -2.23. The highest BCUT2D eigenvalue weighted by Crippen LogP contribution is 2.26. The molecule has 0 spiro atoms. The van der Waals surface area contributed by atoms with Crippen LogP contribution in [0.25, 0.3) is 22.6 Å². The zero-order valence-corrected chi connectivity index (χ0v) is 8.73. The normalized spacial score (nSPS) is 11.1. The molecule has 2 N–H and O–H groups in total. The monoisotopic (exact) mass is 214 g/mol. The molecular weight excluding hydrogens is 204 g/mol. The maximum atomic E-state index is 5.67. The topological polar surface area (TPSA) is 65.2 Å². The van der Waals surface area contributed by atoms with Gasteiger partial charge < -0.3 is 14.6 Å². The number of benzene rings is 1. The third-order valence-electron chi connectivity index (χ3n) is 2.39. The number of fused-ring (bicyclic) bond motifs is 1. The first kappa shape index (κ1) is 9.03. The molecule has 0 saturated carbocycles. The molecule has 0 aliphatic carbocycles. The number of nitrogen functional groups attached to an aromatic ring is 1. The fraction of sp³-hybridized carbons (Fsp3) is 0.0833. The number of hydrogen-bond acceptors (Lipinski definition) is 4. The van der Waals surface area contributed by atoms with E-state index in [1.54, 1.807) is 18.4 Å². The number of oxazole rings is 1. The lowest BCUT2D eigenvalue weighted by Crippen LogP contribution is -1.81. The fourth-order valence-electron chi connectivity index (χ4n) is 1.62. The van der Waals surface area contributed by atoms with E-state index in [2.05, 4.69) is 4.98 Å². The number of aryl methyl sites for hydroxylation is 1. The van der Waals surface area contributed by atoms with Crippen molar-refractivity contribution in [3.8, 4) is 11.5 Å². The predicted octanol–water partition coefficient (Wildman–Crippen LogP) is 2.98. The van der Waals surface area contributed by atoms with Crippen LogP contribution in [-0.2, 0) is 0 Å². The Bertz CT molecular complexity index is 652. The van der Waals surface area contributed by atoms with Gasteiger partial charge in [-0.05, 0) is 25.1 Å². The summed E-state index contributed by atoms with van der Waals surface area (Å²) in [5, 5.41) is 0. The zero-order chi connectivity index (χ0) is 11.1. The Morgan fingerprint density at radius 1 is 1.25 bits per heavy atom. The van der Waals surface area contributed by atoms with E-state index in [0.717, 1.165) is 16.8 Å². The fourth-order valence-corrected chi connectivity index (χ4v) is 1.62. The van der Waals surface area contributed by atoms with Gasteiger partial charge in [-0.2, -0.15) is 0 Å². The Morgan fingerprint density at radius 3 is 2.88 bits per heavy atom. The molecule has 1 aromatic carbocycles. The zero-order valence-electron chi connectivity index (χ0n) is 8.73. The van der Waals surface area contributed by atoms with Crippen molar-refractivity contribution in [1.29, 1.82) is 0 Å².